The Hall–Kier alpha value is -1.27. The molecule has 0 heterocycles. The Bertz CT molecular complexity index is 434. The molecule has 0 aliphatic rings. The second-order valence-electron chi connectivity index (χ2n) is 3.51. The molecule has 0 spiro atoms. The van der Waals surface area contributed by atoms with Gasteiger partial charge in [-0.05, 0) is 17.7 Å². The second kappa shape index (κ2) is 4.93. The maximum Gasteiger partial charge on any atom is 0.416 e. The van der Waals surface area contributed by atoms with Gasteiger partial charge in [-0.25, -0.2) is 0 Å². The number of benzene rings is 1. The first kappa shape index (κ1) is 13.8. The van der Waals surface area contributed by atoms with E-state index in [0.29, 0.717) is 0 Å². The van der Waals surface area contributed by atoms with E-state index in [-0.39, 0.29) is 17.0 Å². The molecule has 0 aliphatic carbocycles. The van der Waals surface area contributed by atoms with Crippen LogP contribution in [0.4, 0.5) is 13.2 Å². The number of hydrogen-bond donors (Lipinski definition) is 2. The minimum atomic E-state index is -4.57. The van der Waals surface area contributed by atoms with E-state index in [1.807, 2.05) is 0 Å². The molecule has 0 fully saturated rings. The summed E-state index contributed by atoms with van der Waals surface area (Å²) in [4.78, 5) is 10.6. The molecule has 1 unspecified atom stereocenters. The smallest absolute Gasteiger partial charge is 0.370 e. The minimum absolute atomic E-state index is 0.0487. The lowest BCUT2D eigenvalue weighted by atomic mass is 9.98. The molecule has 17 heavy (non-hydrogen) atoms. The number of amides is 1. The SMILES string of the molecule is NC(=O)CC(N)c1ccc(Cl)cc1C(F)(F)F. The maximum absolute atomic E-state index is 12.7. The number of hydrogen-bond acceptors (Lipinski definition) is 2. The summed E-state index contributed by atoms with van der Waals surface area (Å²) in [5.41, 5.74) is 9.25. The topological polar surface area (TPSA) is 69.1 Å². The molecular weight excluding hydrogens is 257 g/mol. The Labute approximate surface area is 101 Å². The van der Waals surface area contributed by atoms with E-state index in [9.17, 15) is 18.0 Å². The Kier molecular flexibility index (Phi) is 4.00. The molecule has 4 N–H and O–H groups in total. The molecule has 0 aliphatic heterocycles. The average molecular weight is 267 g/mol. The highest BCUT2D eigenvalue weighted by molar-refractivity contribution is 6.30. The molecule has 7 heteroatoms. The molecule has 3 nitrogen and oxygen atoms in total. The van der Waals surface area contributed by atoms with E-state index >= 15 is 0 Å². The van der Waals surface area contributed by atoms with Crippen molar-refractivity contribution in [2.75, 3.05) is 0 Å². The summed E-state index contributed by atoms with van der Waals surface area (Å²) in [6.07, 6.45) is -4.93. The number of nitrogens with two attached hydrogens (primary N) is 2. The molecule has 0 saturated carbocycles. The number of carbonyl (C=O) groups is 1. The van der Waals surface area contributed by atoms with Crippen molar-refractivity contribution in [1.82, 2.24) is 0 Å². The largest absolute Gasteiger partial charge is 0.416 e. The van der Waals surface area contributed by atoms with Crippen molar-refractivity contribution >= 4 is 17.5 Å². The van der Waals surface area contributed by atoms with Gasteiger partial charge in [0.15, 0.2) is 0 Å². The van der Waals surface area contributed by atoms with E-state index in [1.165, 1.54) is 6.07 Å². The van der Waals surface area contributed by atoms with Crippen LogP contribution in [-0.4, -0.2) is 5.91 Å². The van der Waals surface area contributed by atoms with Crippen LogP contribution < -0.4 is 11.5 Å². The highest BCUT2D eigenvalue weighted by Crippen LogP contribution is 2.36. The third-order valence-corrected chi connectivity index (χ3v) is 2.38. The lowest BCUT2D eigenvalue weighted by molar-refractivity contribution is -0.138. The second-order valence-corrected chi connectivity index (χ2v) is 3.94. The van der Waals surface area contributed by atoms with Gasteiger partial charge in [-0.2, -0.15) is 13.2 Å². The van der Waals surface area contributed by atoms with E-state index in [1.54, 1.807) is 0 Å². The van der Waals surface area contributed by atoms with Crippen molar-refractivity contribution in [3.8, 4) is 0 Å². The first-order chi connectivity index (χ1) is 7.71. The molecule has 1 aromatic carbocycles. The Morgan fingerprint density at radius 1 is 1.41 bits per heavy atom. The van der Waals surface area contributed by atoms with E-state index in [0.717, 1.165) is 12.1 Å². The van der Waals surface area contributed by atoms with Gasteiger partial charge in [-0.1, -0.05) is 17.7 Å². The van der Waals surface area contributed by atoms with Crippen molar-refractivity contribution < 1.29 is 18.0 Å². The van der Waals surface area contributed by atoms with Crippen LogP contribution in [0.3, 0.4) is 0 Å². The molecule has 1 atom stereocenters. The van der Waals surface area contributed by atoms with Crippen LogP contribution in [0, 0.1) is 0 Å². The van der Waals surface area contributed by atoms with Crippen LogP contribution in [-0.2, 0) is 11.0 Å². The summed E-state index contributed by atoms with van der Waals surface area (Å²) in [6.45, 7) is 0. The fraction of sp³-hybridized carbons (Fsp3) is 0.300. The predicted molar refractivity (Wildman–Crippen MR) is 57.2 cm³/mol. The fourth-order valence-corrected chi connectivity index (χ4v) is 1.60. The normalized spacial score (nSPS) is 13.5. The van der Waals surface area contributed by atoms with Gasteiger partial charge >= 0.3 is 6.18 Å². The van der Waals surface area contributed by atoms with Gasteiger partial charge in [0.05, 0.1) is 5.56 Å². The van der Waals surface area contributed by atoms with Crippen molar-refractivity contribution in [3.05, 3.63) is 34.3 Å². The molecule has 94 valence electrons. The molecule has 1 aromatic rings. The maximum atomic E-state index is 12.7. The highest BCUT2D eigenvalue weighted by Gasteiger charge is 2.35. The zero-order chi connectivity index (χ0) is 13.2. The summed E-state index contributed by atoms with van der Waals surface area (Å²) < 4.78 is 38.1. The molecular formula is C10H10ClF3N2O. The Balaban J connectivity index is 3.19. The van der Waals surface area contributed by atoms with E-state index < -0.39 is 23.7 Å². The quantitative estimate of drug-likeness (QED) is 0.881. The van der Waals surface area contributed by atoms with Gasteiger partial charge in [0.25, 0.3) is 0 Å². The zero-order valence-corrected chi connectivity index (χ0v) is 9.35. The van der Waals surface area contributed by atoms with Crippen LogP contribution in [0.25, 0.3) is 0 Å². The summed E-state index contributed by atoms with van der Waals surface area (Å²) in [7, 11) is 0. The fourth-order valence-electron chi connectivity index (χ4n) is 1.42. The summed E-state index contributed by atoms with van der Waals surface area (Å²) in [5.74, 6) is -0.763. The predicted octanol–water partition coefficient (Wildman–Crippen LogP) is 2.23. The number of rotatable bonds is 3. The third-order valence-electron chi connectivity index (χ3n) is 2.14. The lowest BCUT2D eigenvalue weighted by Gasteiger charge is -2.17. The summed E-state index contributed by atoms with van der Waals surface area (Å²) >= 11 is 5.50. The third kappa shape index (κ3) is 3.61. The van der Waals surface area contributed by atoms with Crippen molar-refractivity contribution in [3.63, 3.8) is 0 Å². The molecule has 1 amide bonds. The highest BCUT2D eigenvalue weighted by atomic mass is 35.5. The molecule has 0 aromatic heterocycles. The van der Waals surface area contributed by atoms with Crippen LogP contribution in [0.1, 0.15) is 23.6 Å². The number of carbonyl (C=O) groups excluding carboxylic acids is 1. The van der Waals surface area contributed by atoms with Gasteiger partial charge in [-0.15, -0.1) is 0 Å². The van der Waals surface area contributed by atoms with Crippen molar-refractivity contribution in [2.24, 2.45) is 11.5 Å². The minimum Gasteiger partial charge on any atom is -0.370 e. The monoisotopic (exact) mass is 266 g/mol. The number of halogens is 4. The van der Waals surface area contributed by atoms with Crippen LogP contribution in [0.2, 0.25) is 5.02 Å². The standard InChI is InChI=1S/C10H10ClF3N2O/c11-5-1-2-6(8(15)4-9(16)17)7(3-5)10(12,13)14/h1-3,8H,4,15H2,(H2,16,17). The van der Waals surface area contributed by atoms with Gasteiger partial charge in [0.2, 0.25) is 5.91 Å². The van der Waals surface area contributed by atoms with Crippen LogP contribution in [0.5, 0.6) is 0 Å². The average Bonchev–Trinajstić information content (AvgIpc) is 2.14. The van der Waals surface area contributed by atoms with E-state index in [4.69, 9.17) is 23.1 Å². The van der Waals surface area contributed by atoms with E-state index in [2.05, 4.69) is 0 Å². The Morgan fingerprint density at radius 3 is 2.47 bits per heavy atom. The van der Waals surface area contributed by atoms with Gasteiger partial charge in [0, 0.05) is 17.5 Å². The van der Waals surface area contributed by atoms with Crippen molar-refractivity contribution in [1.29, 1.82) is 0 Å². The lowest BCUT2D eigenvalue weighted by Crippen LogP contribution is -2.23. The first-order valence-electron chi connectivity index (χ1n) is 4.62. The molecule has 1 rings (SSSR count). The first-order valence-corrected chi connectivity index (χ1v) is 5.00. The van der Waals surface area contributed by atoms with Crippen LogP contribution in [0.15, 0.2) is 18.2 Å². The number of alkyl halides is 3. The van der Waals surface area contributed by atoms with Gasteiger partial charge in [0.1, 0.15) is 0 Å². The summed E-state index contributed by atoms with van der Waals surface area (Å²) in [5, 5.41) is -0.0487. The molecule has 0 bridgehead atoms. The van der Waals surface area contributed by atoms with Crippen LogP contribution >= 0.6 is 11.6 Å². The molecule has 0 radical (unpaired) electrons. The number of primary amides is 1. The van der Waals surface area contributed by atoms with Gasteiger partial charge in [-0.3, -0.25) is 4.79 Å². The van der Waals surface area contributed by atoms with Gasteiger partial charge < -0.3 is 11.5 Å². The summed E-state index contributed by atoms with van der Waals surface area (Å²) in [6, 6.07) is 2.12. The Morgan fingerprint density at radius 2 is 2.00 bits per heavy atom. The molecule has 0 saturated heterocycles. The zero-order valence-electron chi connectivity index (χ0n) is 8.59. The van der Waals surface area contributed by atoms with Crippen molar-refractivity contribution in [2.45, 2.75) is 18.6 Å².